The molecule has 0 fully saturated rings. The minimum Gasteiger partial charge on any atom is -0.251 e. The van der Waals surface area contributed by atoms with Crippen molar-refractivity contribution >= 4 is 5.97 Å². The molecule has 9 heavy (non-hydrogen) atoms. The Bertz CT molecular complexity index is 104. The highest BCUT2D eigenvalue weighted by Gasteiger charge is 2.26. The average molecular weight is 142 g/mol. The maximum absolute atomic E-state index is 11.8. The minimum atomic E-state index is -2.52. The van der Waals surface area contributed by atoms with E-state index in [1.54, 1.807) is 0 Å². The molecular formula is C4H5F3O2. The van der Waals surface area contributed by atoms with Crippen molar-refractivity contribution in [3.63, 3.8) is 0 Å². The van der Waals surface area contributed by atoms with Gasteiger partial charge in [0, 0.05) is 4.53 Å². The van der Waals surface area contributed by atoms with Gasteiger partial charge in [-0.1, -0.05) is 0 Å². The fraction of sp³-hybridized carbons (Fsp3) is 0.750. The summed E-state index contributed by atoms with van der Waals surface area (Å²) in [5.41, 5.74) is 0. The molecular weight excluding hydrogens is 137 g/mol. The third kappa shape index (κ3) is 2.34. The Kier molecular flexibility index (Phi) is 3.05. The van der Waals surface area contributed by atoms with E-state index in [9.17, 15) is 18.1 Å². The number of carbonyl (C=O) groups excluding carboxylic acids is 1. The van der Waals surface area contributed by atoms with E-state index in [0.717, 1.165) is 6.92 Å². The van der Waals surface area contributed by atoms with Gasteiger partial charge in [-0.05, 0) is 6.92 Å². The van der Waals surface area contributed by atoms with E-state index in [-0.39, 0.29) is 0 Å². The number of alkyl halides is 2. The molecule has 0 saturated carbocycles. The van der Waals surface area contributed by atoms with Crippen LogP contribution in [0.1, 0.15) is 6.92 Å². The molecule has 0 spiro atoms. The summed E-state index contributed by atoms with van der Waals surface area (Å²) >= 11 is 0. The van der Waals surface area contributed by atoms with E-state index in [2.05, 4.69) is 4.94 Å². The van der Waals surface area contributed by atoms with Crippen LogP contribution in [0.3, 0.4) is 0 Å². The van der Waals surface area contributed by atoms with E-state index in [1.165, 1.54) is 0 Å². The van der Waals surface area contributed by atoms with Gasteiger partial charge in [0.05, 0.1) is 0 Å². The van der Waals surface area contributed by atoms with E-state index in [0.29, 0.717) is 0 Å². The Labute approximate surface area is 49.5 Å². The van der Waals surface area contributed by atoms with Gasteiger partial charge in [0.2, 0.25) is 6.17 Å². The van der Waals surface area contributed by atoms with Crippen molar-refractivity contribution < 1.29 is 23.0 Å². The van der Waals surface area contributed by atoms with Crippen molar-refractivity contribution in [3.8, 4) is 0 Å². The standard InChI is InChI=1S/C4H5F3O2/c1-2(5)3(6)4(8)9-7/h2-3H,1H3. The summed E-state index contributed by atoms with van der Waals surface area (Å²) in [6, 6.07) is 0. The SMILES string of the molecule is CC(F)C(F)C(=O)OF. The molecule has 0 rings (SSSR count). The smallest absolute Gasteiger partial charge is 0.251 e. The zero-order chi connectivity index (χ0) is 7.44. The van der Waals surface area contributed by atoms with Crippen LogP contribution in [0.25, 0.3) is 0 Å². The zero-order valence-electron chi connectivity index (χ0n) is 4.61. The lowest BCUT2D eigenvalue weighted by molar-refractivity contribution is -0.192. The average Bonchev–Trinajstić information content (AvgIpc) is 1.84. The Morgan fingerprint density at radius 1 is 1.56 bits per heavy atom. The molecule has 0 saturated heterocycles. The summed E-state index contributed by atoms with van der Waals surface area (Å²) in [4.78, 5) is 12.2. The highest BCUT2D eigenvalue weighted by Crippen LogP contribution is 2.04. The largest absolute Gasteiger partial charge is 0.385 e. The molecule has 0 aliphatic heterocycles. The molecule has 2 atom stereocenters. The van der Waals surface area contributed by atoms with Crippen LogP contribution in [-0.2, 0) is 9.74 Å². The highest BCUT2D eigenvalue weighted by molar-refractivity contribution is 5.74. The fourth-order valence-corrected chi connectivity index (χ4v) is 0.230. The summed E-state index contributed by atoms with van der Waals surface area (Å²) in [6.07, 6.45) is -4.55. The normalized spacial score (nSPS) is 16.4. The van der Waals surface area contributed by atoms with E-state index in [4.69, 9.17) is 0 Å². The van der Waals surface area contributed by atoms with Gasteiger partial charge >= 0.3 is 5.97 Å². The lowest BCUT2D eigenvalue weighted by atomic mass is 10.3. The van der Waals surface area contributed by atoms with Crippen molar-refractivity contribution in [2.24, 2.45) is 0 Å². The van der Waals surface area contributed by atoms with E-state index >= 15 is 0 Å². The molecule has 0 aromatic carbocycles. The quantitative estimate of drug-likeness (QED) is 0.577. The molecule has 54 valence electrons. The number of hydrogen-bond acceptors (Lipinski definition) is 2. The molecule has 0 bridgehead atoms. The molecule has 0 heterocycles. The van der Waals surface area contributed by atoms with Gasteiger partial charge in [-0.2, -0.15) is 0 Å². The number of carbonyl (C=O) groups is 1. The van der Waals surface area contributed by atoms with Crippen LogP contribution in [-0.4, -0.2) is 18.3 Å². The van der Waals surface area contributed by atoms with Gasteiger partial charge in [-0.3, -0.25) is 4.94 Å². The van der Waals surface area contributed by atoms with Gasteiger partial charge in [-0.15, -0.1) is 0 Å². The summed E-state index contributed by atoms with van der Waals surface area (Å²) in [6.45, 7) is 0.793. The van der Waals surface area contributed by atoms with Crippen LogP contribution in [0.4, 0.5) is 13.3 Å². The van der Waals surface area contributed by atoms with Crippen molar-refractivity contribution in [3.05, 3.63) is 0 Å². The number of hydrogen-bond donors (Lipinski definition) is 0. The van der Waals surface area contributed by atoms with E-state index < -0.39 is 18.3 Å². The summed E-state index contributed by atoms with van der Waals surface area (Å²) in [5.74, 6) is -1.83. The van der Waals surface area contributed by atoms with Crippen LogP contribution in [0, 0.1) is 0 Å². The van der Waals surface area contributed by atoms with Crippen molar-refractivity contribution in [1.82, 2.24) is 0 Å². The lowest BCUT2D eigenvalue weighted by Crippen LogP contribution is -2.24. The van der Waals surface area contributed by atoms with Crippen LogP contribution >= 0.6 is 0 Å². The maximum atomic E-state index is 11.8. The Morgan fingerprint density at radius 3 is 2.11 bits per heavy atom. The lowest BCUT2D eigenvalue weighted by Gasteiger charge is -2.01. The summed E-state index contributed by atoms with van der Waals surface area (Å²) in [7, 11) is 0. The van der Waals surface area contributed by atoms with Gasteiger partial charge in [0.1, 0.15) is 6.17 Å². The first-order chi connectivity index (χ1) is 4.09. The predicted molar refractivity (Wildman–Crippen MR) is 22.7 cm³/mol. The van der Waals surface area contributed by atoms with Gasteiger partial charge < -0.3 is 0 Å². The molecule has 0 aromatic rings. The molecule has 0 aliphatic rings. The maximum Gasteiger partial charge on any atom is 0.385 e. The van der Waals surface area contributed by atoms with Crippen molar-refractivity contribution in [1.29, 1.82) is 0 Å². The summed E-state index contributed by atoms with van der Waals surface area (Å²) in [5, 5.41) is 0. The molecule has 5 heteroatoms. The molecule has 0 aromatic heterocycles. The monoisotopic (exact) mass is 142 g/mol. The van der Waals surface area contributed by atoms with Crippen molar-refractivity contribution in [2.45, 2.75) is 19.3 Å². The topological polar surface area (TPSA) is 26.3 Å². The second-order valence-electron chi connectivity index (χ2n) is 1.48. The molecule has 0 N–H and O–H groups in total. The molecule has 0 aliphatic carbocycles. The zero-order valence-corrected chi connectivity index (χ0v) is 4.61. The van der Waals surface area contributed by atoms with Gasteiger partial charge in [0.25, 0.3) is 0 Å². The van der Waals surface area contributed by atoms with Crippen LogP contribution in [0.15, 0.2) is 0 Å². The van der Waals surface area contributed by atoms with Gasteiger partial charge in [0.15, 0.2) is 0 Å². The first-order valence-corrected chi connectivity index (χ1v) is 2.20. The third-order valence-electron chi connectivity index (χ3n) is 0.704. The summed E-state index contributed by atoms with van der Waals surface area (Å²) < 4.78 is 34.3. The third-order valence-corrected chi connectivity index (χ3v) is 0.704. The van der Waals surface area contributed by atoms with Crippen molar-refractivity contribution in [2.75, 3.05) is 0 Å². The van der Waals surface area contributed by atoms with E-state index in [1.807, 2.05) is 0 Å². The van der Waals surface area contributed by atoms with Crippen LogP contribution in [0.2, 0.25) is 0 Å². The Hall–Kier alpha value is -0.740. The van der Waals surface area contributed by atoms with Crippen LogP contribution < -0.4 is 0 Å². The number of rotatable bonds is 2. The first kappa shape index (κ1) is 8.26. The highest BCUT2D eigenvalue weighted by atomic mass is 19.3. The molecule has 2 nitrogen and oxygen atoms in total. The molecule has 0 radical (unpaired) electrons. The second-order valence-corrected chi connectivity index (χ2v) is 1.48. The Morgan fingerprint density at radius 2 is 2.00 bits per heavy atom. The fourth-order valence-electron chi connectivity index (χ4n) is 0.230. The minimum absolute atomic E-state index is 0.793. The molecule has 2 unspecified atom stereocenters. The predicted octanol–water partition coefficient (Wildman–Crippen LogP) is 1.11. The van der Waals surface area contributed by atoms with Gasteiger partial charge in [-0.25, -0.2) is 13.6 Å². The Balaban J connectivity index is 3.72. The molecule has 0 amide bonds. The number of halogens is 3. The first-order valence-electron chi connectivity index (χ1n) is 2.20. The van der Waals surface area contributed by atoms with Crippen LogP contribution in [0.5, 0.6) is 0 Å². The second kappa shape index (κ2) is 3.32.